The van der Waals surface area contributed by atoms with E-state index in [1.54, 1.807) is 7.11 Å². The topological polar surface area (TPSA) is 9.23 Å². The minimum atomic E-state index is 0.696. The van der Waals surface area contributed by atoms with Crippen molar-refractivity contribution in [3.63, 3.8) is 0 Å². The van der Waals surface area contributed by atoms with Crippen molar-refractivity contribution in [3.05, 3.63) is 54.8 Å². The molecular weight excluding hydrogens is 208 g/mol. The van der Waals surface area contributed by atoms with E-state index >= 15 is 0 Å². The van der Waals surface area contributed by atoms with Gasteiger partial charge in [-0.2, -0.15) is 0 Å². The van der Waals surface area contributed by atoms with Gasteiger partial charge in [-0.25, -0.2) is 0 Å². The lowest BCUT2D eigenvalue weighted by Crippen LogP contribution is -1.96. The van der Waals surface area contributed by atoms with Crippen molar-refractivity contribution < 1.29 is 4.74 Å². The molecular formula is C16H16O. The van der Waals surface area contributed by atoms with Crippen LogP contribution in [-0.2, 0) is 6.42 Å². The molecule has 0 aromatic heterocycles. The summed E-state index contributed by atoms with van der Waals surface area (Å²) in [5, 5.41) is 1.89. The Kier molecular flexibility index (Phi) is 3.37. The molecule has 17 heavy (non-hydrogen) atoms. The van der Waals surface area contributed by atoms with E-state index in [1.807, 2.05) is 24.3 Å². The highest BCUT2D eigenvalue weighted by Crippen LogP contribution is 2.34. The van der Waals surface area contributed by atoms with Crippen LogP contribution < -0.4 is 4.74 Å². The first-order valence-corrected chi connectivity index (χ1v) is 5.82. The molecule has 1 heteroatoms. The second-order valence-electron chi connectivity index (χ2n) is 4.18. The number of benzene rings is 2. The van der Waals surface area contributed by atoms with Gasteiger partial charge >= 0.3 is 0 Å². The second kappa shape index (κ2) is 4.79. The minimum absolute atomic E-state index is 0.696. The smallest absolute Gasteiger partial charge is 0.129 e. The predicted molar refractivity (Wildman–Crippen MR) is 71.3 cm³/mol. The van der Waals surface area contributed by atoms with Crippen LogP contribution in [0.25, 0.3) is 10.8 Å². The molecule has 0 aliphatic heterocycles. The van der Waals surface area contributed by atoms with Crippen LogP contribution in [-0.4, -0.2) is 7.11 Å². The van der Waals surface area contributed by atoms with Crippen LogP contribution in [0.1, 0.15) is 30.0 Å². The van der Waals surface area contributed by atoms with Gasteiger partial charge in [0, 0.05) is 5.39 Å². The summed E-state index contributed by atoms with van der Waals surface area (Å²) in [6.07, 6.45) is 2.02. The van der Waals surface area contributed by atoms with Gasteiger partial charge in [-0.1, -0.05) is 37.6 Å². The number of hydrogen-bond acceptors (Lipinski definition) is 1. The first-order chi connectivity index (χ1) is 8.19. The average Bonchev–Trinajstić information content (AvgIpc) is 2.29. The summed E-state index contributed by atoms with van der Waals surface area (Å²) in [4.78, 5) is 0. The molecule has 2 aromatic rings. The van der Waals surface area contributed by atoms with Crippen molar-refractivity contribution in [2.45, 2.75) is 19.8 Å². The fourth-order valence-electron chi connectivity index (χ4n) is 2.28. The molecule has 0 aliphatic rings. The van der Waals surface area contributed by atoms with E-state index in [2.05, 4.69) is 6.92 Å². The van der Waals surface area contributed by atoms with E-state index in [-0.39, 0.29) is 0 Å². The zero-order valence-electron chi connectivity index (χ0n) is 10.3. The van der Waals surface area contributed by atoms with E-state index in [1.165, 1.54) is 0 Å². The van der Waals surface area contributed by atoms with E-state index in [4.69, 9.17) is 18.6 Å². The van der Waals surface area contributed by atoms with Crippen molar-refractivity contribution >= 4 is 10.8 Å². The maximum Gasteiger partial charge on any atom is 0.129 e. The van der Waals surface area contributed by atoms with Gasteiger partial charge in [0.1, 0.15) is 5.75 Å². The van der Waals surface area contributed by atoms with Gasteiger partial charge in [0.25, 0.3) is 0 Å². The molecule has 0 fully saturated rings. The molecule has 0 aliphatic carbocycles. The Hall–Kier alpha value is -1.50. The molecule has 0 spiro atoms. The van der Waals surface area contributed by atoms with Crippen LogP contribution >= 0.6 is 0 Å². The van der Waals surface area contributed by atoms with Crippen LogP contribution in [0.2, 0.25) is 0 Å². The highest BCUT2D eigenvalue weighted by molar-refractivity contribution is 5.95. The molecule has 0 saturated carbocycles. The van der Waals surface area contributed by atoms with Crippen molar-refractivity contribution in [1.29, 1.82) is 0 Å². The lowest BCUT2D eigenvalue weighted by atomic mass is 9.95. The number of hydrogen-bond donors (Lipinski definition) is 0. The SMILES string of the molecule is [CH]c1cccc2c(OC)c(CCC)cc([CH])c12. The number of ether oxygens (including phenoxy) is 1. The van der Waals surface area contributed by atoms with Crippen LogP contribution in [0, 0.1) is 13.8 Å². The molecule has 0 unspecified atom stereocenters. The summed E-state index contributed by atoms with van der Waals surface area (Å²) in [7, 11) is 1.69. The maximum absolute atomic E-state index is 6.08. The van der Waals surface area contributed by atoms with Gasteiger partial charge in [0.2, 0.25) is 0 Å². The van der Waals surface area contributed by atoms with Crippen LogP contribution in [0.5, 0.6) is 5.75 Å². The Morgan fingerprint density at radius 2 is 1.94 bits per heavy atom. The lowest BCUT2D eigenvalue weighted by Gasteiger charge is -2.15. The van der Waals surface area contributed by atoms with Crippen molar-refractivity contribution in [3.8, 4) is 5.75 Å². The summed E-state index contributed by atoms with van der Waals surface area (Å²) < 4.78 is 5.51. The van der Waals surface area contributed by atoms with E-state index in [0.29, 0.717) is 5.56 Å². The summed E-state index contributed by atoms with van der Waals surface area (Å²) in [5.74, 6) is 0.892. The molecule has 0 N–H and O–H groups in total. The van der Waals surface area contributed by atoms with Gasteiger partial charge in [-0.3, -0.25) is 0 Å². The number of methoxy groups -OCH3 is 1. The second-order valence-corrected chi connectivity index (χ2v) is 4.18. The van der Waals surface area contributed by atoms with Crippen molar-refractivity contribution in [2.24, 2.45) is 0 Å². The van der Waals surface area contributed by atoms with Gasteiger partial charge in [-0.15, -0.1) is 0 Å². The number of rotatable bonds is 3. The van der Waals surface area contributed by atoms with E-state index in [0.717, 1.165) is 40.5 Å². The number of aryl methyl sites for hydroxylation is 1. The summed E-state index contributed by atoms with van der Waals surface area (Å²) in [6.45, 7) is 14.2. The molecule has 86 valence electrons. The van der Waals surface area contributed by atoms with Crippen LogP contribution in [0.15, 0.2) is 24.3 Å². The van der Waals surface area contributed by atoms with Crippen LogP contribution in [0.3, 0.4) is 0 Å². The highest BCUT2D eigenvalue weighted by atomic mass is 16.5. The Bertz CT molecular complexity index is 541. The molecule has 0 atom stereocenters. The van der Waals surface area contributed by atoms with Crippen molar-refractivity contribution in [1.82, 2.24) is 0 Å². The van der Waals surface area contributed by atoms with Gasteiger partial charge in [-0.05, 0) is 42.3 Å². The molecule has 2 rings (SSSR count). The lowest BCUT2D eigenvalue weighted by molar-refractivity contribution is 0.414. The Morgan fingerprint density at radius 1 is 1.18 bits per heavy atom. The summed E-state index contributed by atoms with van der Waals surface area (Å²) in [6, 6.07) is 7.76. The van der Waals surface area contributed by atoms with Gasteiger partial charge in [0.15, 0.2) is 0 Å². The fourth-order valence-corrected chi connectivity index (χ4v) is 2.28. The summed E-state index contributed by atoms with van der Waals surface area (Å²) in [5.41, 5.74) is 2.56. The molecule has 0 amide bonds. The third-order valence-electron chi connectivity index (χ3n) is 2.97. The Morgan fingerprint density at radius 3 is 2.59 bits per heavy atom. The largest absolute Gasteiger partial charge is 0.496 e. The first kappa shape index (κ1) is 12.0. The third kappa shape index (κ3) is 2.02. The number of fused-ring (bicyclic) bond motifs is 1. The first-order valence-electron chi connectivity index (χ1n) is 5.82. The normalized spacial score (nSPS) is 10.8. The molecule has 2 aromatic carbocycles. The van der Waals surface area contributed by atoms with Crippen molar-refractivity contribution in [2.75, 3.05) is 7.11 Å². The van der Waals surface area contributed by atoms with Gasteiger partial charge < -0.3 is 4.74 Å². The van der Waals surface area contributed by atoms with E-state index < -0.39 is 0 Å². The van der Waals surface area contributed by atoms with Gasteiger partial charge in [0.05, 0.1) is 7.11 Å². The highest BCUT2D eigenvalue weighted by Gasteiger charge is 2.11. The minimum Gasteiger partial charge on any atom is -0.496 e. The molecule has 4 radical (unpaired) electrons. The molecule has 0 heterocycles. The summed E-state index contributed by atoms with van der Waals surface area (Å²) >= 11 is 0. The molecule has 0 saturated heterocycles. The Labute approximate surface area is 103 Å². The maximum atomic E-state index is 6.08. The monoisotopic (exact) mass is 224 g/mol. The fraction of sp³-hybridized carbons (Fsp3) is 0.250. The van der Waals surface area contributed by atoms with E-state index in [9.17, 15) is 0 Å². The Balaban J connectivity index is 2.81. The third-order valence-corrected chi connectivity index (χ3v) is 2.97. The molecule has 1 nitrogen and oxygen atoms in total. The predicted octanol–water partition coefficient (Wildman–Crippen LogP) is 3.92. The quantitative estimate of drug-likeness (QED) is 0.767. The zero-order valence-corrected chi connectivity index (χ0v) is 10.3. The standard InChI is InChI=1S/C16H16O/c1-5-7-13-10-12(3)15-11(2)8-6-9-14(15)16(13)17-4/h2-3,6,8-10H,5,7H2,1,4H3. The average molecular weight is 224 g/mol. The van der Waals surface area contributed by atoms with Crippen LogP contribution in [0.4, 0.5) is 0 Å². The molecule has 0 bridgehead atoms. The zero-order chi connectivity index (χ0) is 12.4.